The van der Waals surface area contributed by atoms with Gasteiger partial charge in [-0.25, -0.2) is 0 Å². The fourth-order valence-corrected chi connectivity index (χ4v) is 1.46. The average molecular weight is 219 g/mol. The molecule has 0 heterocycles. The van der Waals surface area contributed by atoms with Crippen LogP contribution in [0.2, 0.25) is 10.0 Å². The number of hydrogen-bond donors (Lipinski definition) is 1. The largest absolute Gasteiger partial charge is 0.396 e. The summed E-state index contributed by atoms with van der Waals surface area (Å²) in [4.78, 5) is 0. The summed E-state index contributed by atoms with van der Waals surface area (Å²) < 4.78 is 0. The monoisotopic (exact) mass is 218 g/mol. The maximum Gasteiger partial charge on any atom is 0.0595 e. The number of aliphatic hydroxyl groups excluding tert-OH is 1. The van der Waals surface area contributed by atoms with Crippen molar-refractivity contribution >= 4 is 23.2 Å². The van der Waals surface area contributed by atoms with Crippen molar-refractivity contribution in [2.75, 3.05) is 6.61 Å². The molecule has 3 heteroatoms. The topological polar surface area (TPSA) is 20.2 Å². The Morgan fingerprint density at radius 3 is 2.46 bits per heavy atom. The normalized spacial score (nSPS) is 10.4. The molecule has 1 aromatic carbocycles. The summed E-state index contributed by atoms with van der Waals surface area (Å²) in [5.41, 5.74) is 1.17. The quantitative estimate of drug-likeness (QED) is 0.770. The lowest BCUT2D eigenvalue weighted by Crippen LogP contribution is -1.88. The third kappa shape index (κ3) is 3.55. The van der Waals surface area contributed by atoms with E-state index in [2.05, 4.69) is 0 Å². The molecule has 0 aliphatic heterocycles. The van der Waals surface area contributed by atoms with Crippen LogP contribution in [-0.4, -0.2) is 11.7 Å². The molecule has 0 saturated heterocycles. The van der Waals surface area contributed by atoms with Gasteiger partial charge in [0.05, 0.1) is 10.0 Å². The number of benzene rings is 1. The summed E-state index contributed by atoms with van der Waals surface area (Å²) in [6.07, 6.45) is 2.76. The van der Waals surface area contributed by atoms with Gasteiger partial charge in [-0.15, -0.1) is 0 Å². The van der Waals surface area contributed by atoms with Crippen molar-refractivity contribution in [1.29, 1.82) is 0 Å². The van der Waals surface area contributed by atoms with E-state index in [1.54, 1.807) is 6.07 Å². The minimum Gasteiger partial charge on any atom is -0.396 e. The van der Waals surface area contributed by atoms with Crippen molar-refractivity contribution in [3.63, 3.8) is 0 Å². The molecule has 1 nitrogen and oxygen atoms in total. The van der Waals surface area contributed by atoms with Gasteiger partial charge >= 0.3 is 0 Å². The molecule has 1 N–H and O–H groups in total. The molecule has 0 unspecified atom stereocenters. The minimum atomic E-state index is 0.251. The molecule has 0 bridgehead atoms. The molecule has 13 heavy (non-hydrogen) atoms. The molecule has 0 spiro atoms. The molecule has 0 radical (unpaired) electrons. The zero-order valence-electron chi connectivity index (χ0n) is 7.26. The second kappa shape index (κ2) is 5.48. The molecular formula is C10H12Cl2O. The maximum atomic E-state index is 8.60. The summed E-state index contributed by atoms with van der Waals surface area (Å²) in [7, 11) is 0. The summed E-state index contributed by atoms with van der Waals surface area (Å²) in [5.74, 6) is 0. The van der Waals surface area contributed by atoms with E-state index < -0.39 is 0 Å². The molecule has 0 aliphatic rings. The Hall–Kier alpha value is -0.240. The van der Waals surface area contributed by atoms with Crippen LogP contribution in [0.25, 0.3) is 0 Å². The van der Waals surface area contributed by atoms with E-state index in [4.69, 9.17) is 28.3 Å². The van der Waals surface area contributed by atoms with Crippen LogP contribution >= 0.6 is 23.2 Å². The lowest BCUT2D eigenvalue weighted by atomic mass is 10.1. The number of rotatable bonds is 4. The van der Waals surface area contributed by atoms with Gasteiger partial charge in [-0.1, -0.05) is 29.3 Å². The van der Waals surface area contributed by atoms with Gasteiger partial charge in [0.15, 0.2) is 0 Å². The molecule has 0 atom stereocenters. The number of halogens is 2. The predicted octanol–water partition coefficient (Wildman–Crippen LogP) is 3.31. The first-order valence-electron chi connectivity index (χ1n) is 4.29. The molecule has 1 aromatic rings. The second-order valence-electron chi connectivity index (χ2n) is 2.93. The van der Waals surface area contributed by atoms with Crippen LogP contribution in [0.1, 0.15) is 18.4 Å². The number of aryl methyl sites for hydroxylation is 1. The van der Waals surface area contributed by atoms with Crippen LogP contribution in [0.4, 0.5) is 0 Å². The lowest BCUT2D eigenvalue weighted by molar-refractivity contribution is 0.284. The SMILES string of the molecule is OCCCCc1ccc(Cl)c(Cl)c1. The van der Waals surface area contributed by atoms with Crippen molar-refractivity contribution in [3.8, 4) is 0 Å². The summed E-state index contributed by atoms with van der Waals surface area (Å²) >= 11 is 11.6. The molecule has 1 rings (SSSR count). The highest BCUT2D eigenvalue weighted by molar-refractivity contribution is 6.42. The zero-order chi connectivity index (χ0) is 9.68. The van der Waals surface area contributed by atoms with Crippen molar-refractivity contribution in [1.82, 2.24) is 0 Å². The van der Waals surface area contributed by atoms with Gasteiger partial charge in [0.1, 0.15) is 0 Å². The van der Waals surface area contributed by atoms with Gasteiger partial charge < -0.3 is 5.11 Å². The Balaban J connectivity index is 2.53. The van der Waals surface area contributed by atoms with Gasteiger partial charge in [0.25, 0.3) is 0 Å². The van der Waals surface area contributed by atoms with Crippen LogP contribution in [0.15, 0.2) is 18.2 Å². The van der Waals surface area contributed by atoms with Crippen molar-refractivity contribution < 1.29 is 5.11 Å². The van der Waals surface area contributed by atoms with Gasteiger partial charge in [-0.2, -0.15) is 0 Å². The number of unbranched alkanes of at least 4 members (excludes halogenated alkanes) is 1. The third-order valence-electron chi connectivity index (χ3n) is 1.86. The first-order chi connectivity index (χ1) is 6.24. The molecule has 0 saturated carbocycles. The third-order valence-corrected chi connectivity index (χ3v) is 2.60. The standard InChI is InChI=1S/C10H12Cl2O/c11-9-5-4-8(7-10(9)12)3-1-2-6-13/h4-5,7,13H,1-3,6H2. The van der Waals surface area contributed by atoms with Gasteiger partial charge in [-0.05, 0) is 37.0 Å². The first kappa shape index (κ1) is 10.8. The fourth-order valence-electron chi connectivity index (χ4n) is 1.14. The van der Waals surface area contributed by atoms with Crippen molar-refractivity contribution in [3.05, 3.63) is 33.8 Å². The van der Waals surface area contributed by atoms with Gasteiger partial charge in [-0.3, -0.25) is 0 Å². The predicted molar refractivity (Wildman–Crippen MR) is 56.5 cm³/mol. The Bertz CT molecular complexity index is 274. The summed E-state index contributed by atoms with van der Waals surface area (Å²) in [5, 5.41) is 9.79. The van der Waals surface area contributed by atoms with E-state index in [-0.39, 0.29) is 6.61 Å². The van der Waals surface area contributed by atoms with Gasteiger partial charge in [0, 0.05) is 6.61 Å². The van der Waals surface area contributed by atoms with Gasteiger partial charge in [0.2, 0.25) is 0 Å². The van der Waals surface area contributed by atoms with E-state index in [0.29, 0.717) is 10.0 Å². The lowest BCUT2D eigenvalue weighted by Gasteiger charge is -2.01. The molecule has 0 amide bonds. The Morgan fingerprint density at radius 2 is 1.85 bits per heavy atom. The fraction of sp³-hybridized carbons (Fsp3) is 0.400. The Kier molecular flexibility index (Phi) is 4.57. The Labute approximate surface area is 88.3 Å². The van der Waals surface area contributed by atoms with Crippen LogP contribution in [-0.2, 0) is 6.42 Å². The maximum absolute atomic E-state index is 8.60. The highest BCUT2D eigenvalue weighted by Gasteiger charge is 1.98. The first-order valence-corrected chi connectivity index (χ1v) is 5.04. The Morgan fingerprint density at radius 1 is 1.08 bits per heavy atom. The highest BCUT2D eigenvalue weighted by atomic mass is 35.5. The van der Waals surface area contributed by atoms with E-state index in [0.717, 1.165) is 19.3 Å². The molecule has 0 fully saturated rings. The van der Waals surface area contributed by atoms with E-state index in [1.165, 1.54) is 5.56 Å². The second-order valence-corrected chi connectivity index (χ2v) is 3.74. The van der Waals surface area contributed by atoms with Crippen LogP contribution in [0.5, 0.6) is 0 Å². The summed E-state index contributed by atoms with van der Waals surface area (Å²) in [6.45, 7) is 0.251. The zero-order valence-corrected chi connectivity index (χ0v) is 8.78. The molecular weight excluding hydrogens is 207 g/mol. The number of hydrogen-bond acceptors (Lipinski definition) is 1. The molecule has 0 aliphatic carbocycles. The van der Waals surface area contributed by atoms with Crippen LogP contribution in [0, 0.1) is 0 Å². The molecule has 72 valence electrons. The van der Waals surface area contributed by atoms with E-state index in [1.807, 2.05) is 12.1 Å². The molecule has 0 aromatic heterocycles. The number of aliphatic hydroxyl groups is 1. The average Bonchev–Trinajstić information content (AvgIpc) is 2.12. The van der Waals surface area contributed by atoms with E-state index >= 15 is 0 Å². The summed E-state index contributed by atoms with van der Waals surface area (Å²) in [6, 6.07) is 5.64. The van der Waals surface area contributed by atoms with Crippen LogP contribution in [0.3, 0.4) is 0 Å². The van der Waals surface area contributed by atoms with Crippen molar-refractivity contribution in [2.24, 2.45) is 0 Å². The smallest absolute Gasteiger partial charge is 0.0595 e. The van der Waals surface area contributed by atoms with E-state index in [9.17, 15) is 0 Å². The van der Waals surface area contributed by atoms with Crippen LogP contribution < -0.4 is 0 Å². The minimum absolute atomic E-state index is 0.251. The van der Waals surface area contributed by atoms with Crippen molar-refractivity contribution in [2.45, 2.75) is 19.3 Å². The highest BCUT2D eigenvalue weighted by Crippen LogP contribution is 2.23.